The number of nitrogens with zero attached hydrogens (tertiary/aromatic N) is 2. The maximum atomic E-state index is 6.09. The van der Waals surface area contributed by atoms with Gasteiger partial charge in [0.2, 0.25) is 5.95 Å². The van der Waals surface area contributed by atoms with Gasteiger partial charge in [-0.15, -0.1) is 0 Å². The van der Waals surface area contributed by atoms with Crippen molar-refractivity contribution in [3.8, 4) is 0 Å². The lowest BCUT2D eigenvalue weighted by Gasteiger charge is -2.23. The maximum absolute atomic E-state index is 6.09. The lowest BCUT2D eigenvalue weighted by molar-refractivity contribution is 0.377. The van der Waals surface area contributed by atoms with Crippen molar-refractivity contribution < 1.29 is 0 Å². The number of imidazole rings is 1. The molecule has 2 rings (SSSR count). The molecule has 1 unspecified atom stereocenters. The van der Waals surface area contributed by atoms with Gasteiger partial charge in [-0.05, 0) is 30.9 Å². The summed E-state index contributed by atoms with van der Waals surface area (Å²) in [5.41, 5.74) is 9.52. The van der Waals surface area contributed by atoms with Gasteiger partial charge in [0.1, 0.15) is 0 Å². The number of aromatic nitrogens is 2. The summed E-state index contributed by atoms with van der Waals surface area (Å²) in [4.78, 5) is 4.47. The van der Waals surface area contributed by atoms with E-state index in [9.17, 15) is 0 Å². The average molecular weight is 231 g/mol. The normalized spacial score (nSPS) is 13.5. The fraction of sp³-hybridized carbons (Fsp3) is 0.500. The summed E-state index contributed by atoms with van der Waals surface area (Å²) < 4.78 is 2.20. The van der Waals surface area contributed by atoms with E-state index in [0.29, 0.717) is 17.9 Å². The Labute approximate surface area is 103 Å². The summed E-state index contributed by atoms with van der Waals surface area (Å²) in [7, 11) is 0. The Morgan fingerprint density at radius 1 is 1.35 bits per heavy atom. The van der Waals surface area contributed by atoms with E-state index in [4.69, 9.17) is 5.73 Å². The molecule has 0 spiro atoms. The molecule has 0 aliphatic heterocycles. The Balaban J connectivity index is 2.71. The summed E-state index contributed by atoms with van der Waals surface area (Å²) in [6.45, 7) is 8.79. The van der Waals surface area contributed by atoms with E-state index in [-0.39, 0.29) is 0 Å². The highest BCUT2D eigenvalue weighted by Crippen LogP contribution is 2.31. The lowest BCUT2D eigenvalue weighted by Crippen LogP contribution is -2.16. The second-order valence-electron chi connectivity index (χ2n) is 5.00. The van der Waals surface area contributed by atoms with Crippen LogP contribution in [0.1, 0.15) is 38.8 Å². The number of anilines is 1. The molecule has 1 aromatic carbocycles. The van der Waals surface area contributed by atoms with Crippen molar-refractivity contribution in [2.75, 3.05) is 5.73 Å². The minimum Gasteiger partial charge on any atom is -0.369 e. The number of hydrogen-bond acceptors (Lipinski definition) is 2. The number of rotatable bonds is 3. The van der Waals surface area contributed by atoms with Crippen molar-refractivity contribution in [2.24, 2.45) is 5.92 Å². The fourth-order valence-electron chi connectivity index (χ4n) is 2.63. The molecule has 0 aliphatic rings. The largest absolute Gasteiger partial charge is 0.369 e. The van der Waals surface area contributed by atoms with E-state index in [2.05, 4.69) is 43.3 Å². The quantitative estimate of drug-likeness (QED) is 0.878. The molecule has 0 saturated carbocycles. The fourth-order valence-corrected chi connectivity index (χ4v) is 2.63. The number of para-hydroxylation sites is 1. The third kappa shape index (κ3) is 1.90. The smallest absolute Gasteiger partial charge is 0.201 e. The molecule has 0 bridgehead atoms. The summed E-state index contributed by atoms with van der Waals surface area (Å²) >= 11 is 0. The third-order valence-electron chi connectivity index (χ3n) is 3.46. The van der Waals surface area contributed by atoms with Crippen LogP contribution in [0.4, 0.5) is 5.95 Å². The SMILES string of the molecule is CCC(C(C)C)n1c(N)nc2cccc(C)c21. The predicted octanol–water partition coefficient (Wildman–Crippen LogP) is 3.53. The van der Waals surface area contributed by atoms with Crippen LogP contribution in [0.5, 0.6) is 0 Å². The van der Waals surface area contributed by atoms with Crippen LogP contribution >= 0.6 is 0 Å². The molecule has 1 atom stereocenters. The summed E-state index contributed by atoms with van der Waals surface area (Å²) in [6, 6.07) is 6.60. The van der Waals surface area contributed by atoms with Crippen molar-refractivity contribution in [3.05, 3.63) is 23.8 Å². The topological polar surface area (TPSA) is 43.8 Å². The number of hydrogen-bond donors (Lipinski definition) is 1. The van der Waals surface area contributed by atoms with Crippen LogP contribution < -0.4 is 5.73 Å². The van der Waals surface area contributed by atoms with E-state index in [1.54, 1.807) is 0 Å². The number of nitrogen functional groups attached to an aromatic ring is 1. The highest BCUT2D eigenvalue weighted by atomic mass is 15.2. The van der Waals surface area contributed by atoms with Crippen LogP contribution in [0.3, 0.4) is 0 Å². The van der Waals surface area contributed by atoms with Crippen LogP contribution in [0.2, 0.25) is 0 Å². The van der Waals surface area contributed by atoms with E-state index in [0.717, 1.165) is 11.9 Å². The van der Waals surface area contributed by atoms with Crippen LogP contribution in [0, 0.1) is 12.8 Å². The Hall–Kier alpha value is -1.51. The number of aryl methyl sites for hydroxylation is 1. The third-order valence-corrected chi connectivity index (χ3v) is 3.46. The van der Waals surface area contributed by atoms with Gasteiger partial charge >= 0.3 is 0 Å². The van der Waals surface area contributed by atoms with Gasteiger partial charge in [0.25, 0.3) is 0 Å². The first-order valence-corrected chi connectivity index (χ1v) is 6.29. The minimum absolute atomic E-state index is 0.418. The second-order valence-corrected chi connectivity index (χ2v) is 5.00. The zero-order valence-electron chi connectivity index (χ0n) is 11.1. The van der Waals surface area contributed by atoms with Crippen molar-refractivity contribution in [3.63, 3.8) is 0 Å². The van der Waals surface area contributed by atoms with E-state index < -0.39 is 0 Å². The Morgan fingerprint density at radius 2 is 2.06 bits per heavy atom. The zero-order chi connectivity index (χ0) is 12.6. The number of nitrogens with two attached hydrogens (primary N) is 1. The van der Waals surface area contributed by atoms with Gasteiger partial charge in [-0.25, -0.2) is 4.98 Å². The molecule has 3 nitrogen and oxygen atoms in total. The van der Waals surface area contributed by atoms with Gasteiger partial charge in [0.05, 0.1) is 11.0 Å². The standard InChI is InChI=1S/C14H21N3/c1-5-12(9(2)3)17-13-10(4)7-6-8-11(13)16-14(17)15/h6-9,12H,5H2,1-4H3,(H2,15,16). The highest BCUT2D eigenvalue weighted by Gasteiger charge is 2.20. The molecule has 3 heteroatoms. The Morgan fingerprint density at radius 3 is 2.65 bits per heavy atom. The molecule has 0 saturated heterocycles. The first kappa shape index (κ1) is 12.0. The number of fused-ring (bicyclic) bond motifs is 1. The van der Waals surface area contributed by atoms with Crippen molar-refractivity contribution in [1.29, 1.82) is 0 Å². The molecular formula is C14H21N3. The Bertz CT molecular complexity index is 525. The molecule has 1 heterocycles. The predicted molar refractivity (Wildman–Crippen MR) is 73.0 cm³/mol. The first-order chi connectivity index (χ1) is 8.06. The molecule has 1 aromatic heterocycles. The van der Waals surface area contributed by atoms with E-state index in [1.165, 1.54) is 11.1 Å². The summed E-state index contributed by atoms with van der Waals surface area (Å²) in [6.07, 6.45) is 1.07. The number of benzene rings is 1. The van der Waals surface area contributed by atoms with Gasteiger partial charge in [0.15, 0.2) is 0 Å². The summed E-state index contributed by atoms with van der Waals surface area (Å²) in [5, 5.41) is 0. The molecule has 0 fully saturated rings. The minimum atomic E-state index is 0.418. The highest BCUT2D eigenvalue weighted by molar-refractivity contribution is 5.81. The van der Waals surface area contributed by atoms with Crippen LogP contribution in [0.25, 0.3) is 11.0 Å². The van der Waals surface area contributed by atoms with Crippen LogP contribution in [0.15, 0.2) is 18.2 Å². The molecule has 2 aromatic rings. The Kier molecular flexibility index (Phi) is 3.09. The molecule has 0 amide bonds. The monoisotopic (exact) mass is 231 g/mol. The second kappa shape index (κ2) is 4.40. The van der Waals surface area contributed by atoms with Gasteiger partial charge in [-0.1, -0.05) is 32.9 Å². The molecular weight excluding hydrogens is 210 g/mol. The van der Waals surface area contributed by atoms with Crippen LogP contribution in [-0.2, 0) is 0 Å². The van der Waals surface area contributed by atoms with Crippen molar-refractivity contribution in [2.45, 2.75) is 40.2 Å². The first-order valence-electron chi connectivity index (χ1n) is 6.29. The molecule has 2 N–H and O–H groups in total. The van der Waals surface area contributed by atoms with Gasteiger partial charge in [-0.2, -0.15) is 0 Å². The molecule has 92 valence electrons. The van der Waals surface area contributed by atoms with Crippen LogP contribution in [-0.4, -0.2) is 9.55 Å². The summed E-state index contributed by atoms with van der Waals surface area (Å²) in [5.74, 6) is 1.19. The van der Waals surface area contributed by atoms with Crippen molar-refractivity contribution >= 4 is 17.0 Å². The molecule has 0 radical (unpaired) electrons. The molecule has 0 aliphatic carbocycles. The zero-order valence-corrected chi connectivity index (χ0v) is 11.1. The average Bonchev–Trinajstić information content (AvgIpc) is 2.58. The lowest BCUT2D eigenvalue weighted by atomic mass is 10.0. The van der Waals surface area contributed by atoms with Crippen molar-refractivity contribution in [1.82, 2.24) is 9.55 Å². The van der Waals surface area contributed by atoms with Gasteiger partial charge in [-0.3, -0.25) is 0 Å². The maximum Gasteiger partial charge on any atom is 0.201 e. The van der Waals surface area contributed by atoms with E-state index >= 15 is 0 Å². The van der Waals surface area contributed by atoms with Gasteiger partial charge in [0, 0.05) is 6.04 Å². The van der Waals surface area contributed by atoms with Gasteiger partial charge < -0.3 is 10.3 Å². The van der Waals surface area contributed by atoms with E-state index in [1.807, 2.05) is 12.1 Å². The molecule has 17 heavy (non-hydrogen) atoms.